The average molecular weight is 340 g/mol. The maximum absolute atomic E-state index is 5.30. The van der Waals surface area contributed by atoms with Crippen LogP contribution in [0.4, 0.5) is 0 Å². The van der Waals surface area contributed by atoms with E-state index >= 15 is 0 Å². The summed E-state index contributed by atoms with van der Waals surface area (Å²) in [5.74, 6) is 2.01. The molecule has 2 rings (SSSR count). The SMILES string of the molecule is CCC(Cc1nc(-c2ccc(OC)c(Br)c2)no1)NC. The Morgan fingerprint density at radius 2 is 2.25 bits per heavy atom. The van der Waals surface area contributed by atoms with Gasteiger partial charge in [0.2, 0.25) is 11.7 Å². The number of methoxy groups -OCH3 is 1. The summed E-state index contributed by atoms with van der Waals surface area (Å²) in [5.41, 5.74) is 0.894. The number of rotatable bonds is 6. The maximum atomic E-state index is 5.30. The molecule has 0 radical (unpaired) electrons. The minimum Gasteiger partial charge on any atom is -0.496 e. The second kappa shape index (κ2) is 6.85. The molecule has 108 valence electrons. The number of ether oxygens (including phenoxy) is 1. The van der Waals surface area contributed by atoms with Crippen LogP contribution in [0.25, 0.3) is 11.4 Å². The molecule has 1 atom stereocenters. The molecule has 1 unspecified atom stereocenters. The third-order valence-corrected chi connectivity index (χ3v) is 3.82. The summed E-state index contributed by atoms with van der Waals surface area (Å²) >= 11 is 3.45. The van der Waals surface area contributed by atoms with E-state index in [4.69, 9.17) is 9.26 Å². The van der Waals surface area contributed by atoms with E-state index in [2.05, 4.69) is 38.3 Å². The number of aromatic nitrogens is 2. The zero-order valence-corrected chi connectivity index (χ0v) is 13.4. The van der Waals surface area contributed by atoms with Crippen molar-refractivity contribution in [2.75, 3.05) is 14.2 Å². The predicted octanol–water partition coefficient (Wildman–Crippen LogP) is 3.05. The van der Waals surface area contributed by atoms with Gasteiger partial charge in [-0.1, -0.05) is 12.1 Å². The average Bonchev–Trinajstić information content (AvgIpc) is 2.93. The van der Waals surface area contributed by atoms with Crippen LogP contribution < -0.4 is 10.1 Å². The van der Waals surface area contributed by atoms with Crippen LogP contribution in [0.2, 0.25) is 0 Å². The molecule has 0 fully saturated rings. The zero-order valence-electron chi connectivity index (χ0n) is 11.8. The van der Waals surface area contributed by atoms with Gasteiger partial charge in [0.25, 0.3) is 0 Å². The van der Waals surface area contributed by atoms with E-state index in [1.165, 1.54) is 0 Å². The lowest BCUT2D eigenvalue weighted by atomic mass is 10.1. The van der Waals surface area contributed by atoms with Gasteiger partial charge in [-0.15, -0.1) is 0 Å². The summed E-state index contributed by atoms with van der Waals surface area (Å²) in [6.45, 7) is 2.12. The standard InChI is InChI=1S/C14H18BrN3O2/c1-4-10(16-2)8-13-17-14(18-20-13)9-5-6-12(19-3)11(15)7-9/h5-7,10,16H,4,8H2,1-3H3. The smallest absolute Gasteiger partial charge is 0.228 e. The minimum atomic E-state index is 0.353. The Kier molecular flexibility index (Phi) is 5.14. The van der Waals surface area contributed by atoms with Crippen LogP contribution in [-0.4, -0.2) is 30.3 Å². The van der Waals surface area contributed by atoms with E-state index in [-0.39, 0.29) is 0 Å². The number of benzene rings is 1. The first-order chi connectivity index (χ1) is 9.67. The third kappa shape index (κ3) is 3.37. The van der Waals surface area contributed by atoms with Crippen LogP contribution >= 0.6 is 15.9 Å². The van der Waals surface area contributed by atoms with Gasteiger partial charge in [-0.3, -0.25) is 0 Å². The van der Waals surface area contributed by atoms with Crippen molar-refractivity contribution in [3.8, 4) is 17.1 Å². The van der Waals surface area contributed by atoms with Gasteiger partial charge in [0.1, 0.15) is 5.75 Å². The van der Waals surface area contributed by atoms with Crippen molar-refractivity contribution in [3.63, 3.8) is 0 Å². The lowest BCUT2D eigenvalue weighted by Crippen LogP contribution is -2.26. The molecular weight excluding hydrogens is 322 g/mol. The number of nitrogens with zero attached hydrogens (tertiary/aromatic N) is 2. The molecule has 0 saturated carbocycles. The zero-order chi connectivity index (χ0) is 14.5. The van der Waals surface area contributed by atoms with Crippen molar-refractivity contribution in [3.05, 3.63) is 28.6 Å². The molecule has 0 spiro atoms. The summed E-state index contributed by atoms with van der Waals surface area (Å²) in [6, 6.07) is 6.06. The summed E-state index contributed by atoms with van der Waals surface area (Å²) in [6.07, 6.45) is 1.75. The lowest BCUT2D eigenvalue weighted by molar-refractivity contribution is 0.359. The predicted molar refractivity (Wildman–Crippen MR) is 80.8 cm³/mol. The molecule has 5 nitrogen and oxygen atoms in total. The van der Waals surface area contributed by atoms with Gasteiger partial charge in [-0.05, 0) is 47.6 Å². The quantitative estimate of drug-likeness (QED) is 0.876. The number of hydrogen-bond acceptors (Lipinski definition) is 5. The van der Waals surface area contributed by atoms with Crippen LogP contribution in [0.3, 0.4) is 0 Å². The van der Waals surface area contributed by atoms with Gasteiger partial charge in [0, 0.05) is 18.0 Å². The molecule has 0 aliphatic rings. The Bertz CT molecular complexity index is 567. The number of nitrogens with one attached hydrogen (secondary N) is 1. The van der Waals surface area contributed by atoms with Crippen molar-refractivity contribution in [2.24, 2.45) is 0 Å². The molecule has 1 heterocycles. The lowest BCUT2D eigenvalue weighted by Gasteiger charge is -2.09. The van der Waals surface area contributed by atoms with Gasteiger partial charge in [-0.2, -0.15) is 4.98 Å². The van der Waals surface area contributed by atoms with E-state index in [9.17, 15) is 0 Å². The van der Waals surface area contributed by atoms with Gasteiger partial charge < -0.3 is 14.6 Å². The van der Waals surface area contributed by atoms with Gasteiger partial charge in [0.15, 0.2) is 0 Å². The van der Waals surface area contributed by atoms with Crippen molar-refractivity contribution >= 4 is 15.9 Å². The van der Waals surface area contributed by atoms with E-state index in [0.717, 1.165) is 28.6 Å². The Morgan fingerprint density at radius 1 is 1.45 bits per heavy atom. The summed E-state index contributed by atoms with van der Waals surface area (Å²) in [5, 5.41) is 7.25. The van der Waals surface area contributed by atoms with E-state index in [0.29, 0.717) is 17.8 Å². The van der Waals surface area contributed by atoms with Crippen LogP contribution in [0, 0.1) is 0 Å². The number of halogens is 1. The monoisotopic (exact) mass is 339 g/mol. The largest absolute Gasteiger partial charge is 0.496 e. The minimum absolute atomic E-state index is 0.353. The maximum Gasteiger partial charge on any atom is 0.228 e. The van der Waals surface area contributed by atoms with E-state index in [1.54, 1.807) is 7.11 Å². The van der Waals surface area contributed by atoms with Crippen molar-refractivity contribution < 1.29 is 9.26 Å². The van der Waals surface area contributed by atoms with Crippen molar-refractivity contribution in [1.82, 2.24) is 15.5 Å². The van der Waals surface area contributed by atoms with Gasteiger partial charge >= 0.3 is 0 Å². The molecule has 0 aliphatic carbocycles. The number of likely N-dealkylation sites (N-methyl/N-ethyl adjacent to an activating group) is 1. The Labute approximate surface area is 126 Å². The highest BCUT2D eigenvalue weighted by atomic mass is 79.9. The third-order valence-electron chi connectivity index (χ3n) is 3.20. The Balaban J connectivity index is 2.18. The number of hydrogen-bond donors (Lipinski definition) is 1. The van der Waals surface area contributed by atoms with E-state index < -0.39 is 0 Å². The molecule has 1 N–H and O–H groups in total. The second-order valence-electron chi connectivity index (χ2n) is 4.46. The fourth-order valence-corrected chi connectivity index (χ4v) is 2.46. The fraction of sp³-hybridized carbons (Fsp3) is 0.429. The molecule has 0 aliphatic heterocycles. The highest BCUT2D eigenvalue weighted by Crippen LogP contribution is 2.29. The Hall–Kier alpha value is -1.40. The first-order valence-electron chi connectivity index (χ1n) is 6.51. The molecule has 0 amide bonds. The molecule has 1 aromatic heterocycles. The van der Waals surface area contributed by atoms with E-state index in [1.807, 2.05) is 25.2 Å². The molecule has 20 heavy (non-hydrogen) atoms. The molecule has 0 bridgehead atoms. The van der Waals surface area contributed by atoms with Crippen molar-refractivity contribution in [2.45, 2.75) is 25.8 Å². The molecule has 0 saturated heterocycles. The van der Waals surface area contributed by atoms with Gasteiger partial charge in [-0.25, -0.2) is 0 Å². The Morgan fingerprint density at radius 3 is 2.85 bits per heavy atom. The second-order valence-corrected chi connectivity index (χ2v) is 5.31. The summed E-state index contributed by atoms with van der Waals surface area (Å²) in [4.78, 5) is 4.43. The normalized spacial score (nSPS) is 12.4. The van der Waals surface area contributed by atoms with Crippen LogP contribution in [0.1, 0.15) is 19.2 Å². The highest BCUT2D eigenvalue weighted by Gasteiger charge is 2.13. The topological polar surface area (TPSA) is 60.2 Å². The fourth-order valence-electron chi connectivity index (χ4n) is 1.92. The summed E-state index contributed by atoms with van der Waals surface area (Å²) in [7, 11) is 3.57. The first-order valence-corrected chi connectivity index (χ1v) is 7.31. The van der Waals surface area contributed by atoms with Crippen LogP contribution in [0.5, 0.6) is 5.75 Å². The van der Waals surface area contributed by atoms with Crippen LogP contribution in [0.15, 0.2) is 27.2 Å². The van der Waals surface area contributed by atoms with Crippen molar-refractivity contribution in [1.29, 1.82) is 0 Å². The molecule has 6 heteroatoms. The molecule has 1 aromatic carbocycles. The highest BCUT2D eigenvalue weighted by molar-refractivity contribution is 9.10. The van der Waals surface area contributed by atoms with Gasteiger partial charge in [0.05, 0.1) is 11.6 Å². The molecule has 2 aromatic rings. The molecular formula is C14H18BrN3O2. The first kappa shape index (κ1) is 15.0. The van der Waals surface area contributed by atoms with Crippen LogP contribution in [-0.2, 0) is 6.42 Å². The summed E-state index contributed by atoms with van der Waals surface area (Å²) < 4.78 is 11.4.